The first kappa shape index (κ1) is 19.3. The van der Waals surface area contributed by atoms with E-state index < -0.39 is 0 Å². The molecule has 1 aromatic carbocycles. The van der Waals surface area contributed by atoms with E-state index in [-0.39, 0.29) is 6.10 Å². The lowest BCUT2D eigenvalue weighted by Crippen LogP contribution is -2.33. The van der Waals surface area contributed by atoms with Crippen LogP contribution >= 0.6 is 11.8 Å². The molecule has 0 spiro atoms. The molecule has 0 aromatic heterocycles. The van der Waals surface area contributed by atoms with Crippen LogP contribution in [0.3, 0.4) is 0 Å². The summed E-state index contributed by atoms with van der Waals surface area (Å²) < 4.78 is 12.0. The van der Waals surface area contributed by atoms with Crippen molar-refractivity contribution in [2.75, 3.05) is 37.9 Å². The van der Waals surface area contributed by atoms with Gasteiger partial charge in [0.2, 0.25) is 0 Å². The summed E-state index contributed by atoms with van der Waals surface area (Å²) in [5.74, 6) is 3.08. The van der Waals surface area contributed by atoms with Gasteiger partial charge in [0.1, 0.15) is 18.5 Å². The Kier molecular flexibility index (Phi) is 10.4. The third-order valence-electron chi connectivity index (χ3n) is 3.50. The van der Waals surface area contributed by atoms with Crippen molar-refractivity contribution in [1.29, 1.82) is 0 Å². The van der Waals surface area contributed by atoms with Gasteiger partial charge in [0.05, 0.1) is 6.73 Å². The van der Waals surface area contributed by atoms with E-state index in [4.69, 9.17) is 9.47 Å². The van der Waals surface area contributed by atoms with E-state index in [1.54, 1.807) is 0 Å². The average Bonchev–Trinajstić information content (AvgIpc) is 2.54. The molecule has 0 aliphatic carbocycles. The number of hydrogen-bond donors (Lipinski definition) is 0. The summed E-state index contributed by atoms with van der Waals surface area (Å²) in [6, 6.07) is 8.20. The van der Waals surface area contributed by atoms with Gasteiger partial charge in [0.25, 0.3) is 0 Å². The van der Waals surface area contributed by atoms with Crippen LogP contribution in [-0.4, -0.2) is 48.9 Å². The minimum absolute atomic E-state index is 0.137. The monoisotopic (exact) mass is 325 g/mol. The third-order valence-corrected chi connectivity index (χ3v) is 4.80. The molecule has 3 nitrogen and oxygen atoms in total. The molecule has 0 bridgehead atoms. The van der Waals surface area contributed by atoms with Crippen LogP contribution < -0.4 is 4.74 Å². The molecule has 0 amide bonds. The molecule has 22 heavy (non-hydrogen) atoms. The van der Waals surface area contributed by atoms with Crippen LogP contribution in [0.4, 0.5) is 0 Å². The summed E-state index contributed by atoms with van der Waals surface area (Å²) in [4.78, 5) is 2.28. The van der Waals surface area contributed by atoms with E-state index in [1.165, 1.54) is 17.7 Å². The highest BCUT2D eigenvalue weighted by Gasteiger charge is 2.12. The summed E-state index contributed by atoms with van der Waals surface area (Å²) in [7, 11) is 0. The molecule has 0 heterocycles. The van der Waals surface area contributed by atoms with Gasteiger partial charge >= 0.3 is 0 Å². The van der Waals surface area contributed by atoms with E-state index in [9.17, 15) is 0 Å². The summed E-state index contributed by atoms with van der Waals surface area (Å²) in [6.07, 6.45) is 1.34. The Morgan fingerprint density at radius 1 is 1.09 bits per heavy atom. The van der Waals surface area contributed by atoms with Gasteiger partial charge < -0.3 is 9.47 Å². The van der Waals surface area contributed by atoms with Crippen LogP contribution in [0.5, 0.6) is 5.75 Å². The SMILES string of the molecule is CCCSCC(COc1ccc(C)cc1)OCN(CC)CC. The van der Waals surface area contributed by atoms with Crippen LogP contribution in [0.1, 0.15) is 32.8 Å². The van der Waals surface area contributed by atoms with Gasteiger partial charge in [0, 0.05) is 5.75 Å². The van der Waals surface area contributed by atoms with Crippen molar-refractivity contribution in [1.82, 2.24) is 4.90 Å². The second kappa shape index (κ2) is 11.8. The number of nitrogens with zero attached hydrogens (tertiary/aromatic N) is 1. The number of benzene rings is 1. The Morgan fingerprint density at radius 3 is 2.36 bits per heavy atom. The number of rotatable bonds is 12. The molecular weight excluding hydrogens is 294 g/mol. The lowest BCUT2D eigenvalue weighted by atomic mass is 10.2. The summed E-state index contributed by atoms with van der Waals surface area (Å²) in [5.41, 5.74) is 1.25. The zero-order valence-corrected chi connectivity index (χ0v) is 15.3. The molecule has 0 radical (unpaired) electrons. The number of ether oxygens (including phenoxy) is 2. The van der Waals surface area contributed by atoms with Crippen LogP contribution in [0.25, 0.3) is 0 Å². The second-order valence-electron chi connectivity index (χ2n) is 5.42. The van der Waals surface area contributed by atoms with Gasteiger partial charge in [-0.3, -0.25) is 4.90 Å². The molecule has 1 rings (SSSR count). The fourth-order valence-corrected chi connectivity index (χ4v) is 2.85. The smallest absolute Gasteiger partial charge is 0.119 e. The van der Waals surface area contributed by atoms with E-state index in [0.717, 1.165) is 24.6 Å². The highest BCUT2D eigenvalue weighted by atomic mass is 32.2. The molecule has 4 heteroatoms. The first-order chi connectivity index (χ1) is 10.7. The van der Waals surface area contributed by atoms with Gasteiger partial charge in [-0.2, -0.15) is 11.8 Å². The highest BCUT2D eigenvalue weighted by molar-refractivity contribution is 7.99. The van der Waals surface area contributed by atoms with E-state index in [1.807, 2.05) is 23.9 Å². The summed E-state index contributed by atoms with van der Waals surface area (Å²) in [6.45, 7) is 12.0. The Labute approximate surface area is 140 Å². The maximum atomic E-state index is 6.06. The molecular formula is C18H31NO2S. The van der Waals surface area contributed by atoms with Crippen molar-refractivity contribution in [2.24, 2.45) is 0 Å². The van der Waals surface area contributed by atoms with E-state index in [2.05, 4.69) is 44.7 Å². The minimum atomic E-state index is 0.137. The Hall–Kier alpha value is -0.710. The number of thioether (sulfide) groups is 1. The summed E-state index contributed by atoms with van der Waals surface area (Å²) in [5, 5.41) is 0. The molecule has 126 valence electrons. The van der Waals surface area contributed by atoms with E-state index in [0.29, 0.717) is 13.3 Å². The standard InChI is InChI=1S/C18H31NO2S/c1-5-12-22-14-18(21-15-19(6-2)7-3)13-20-17-10-8-16(4)9-11-17/h8-11,18H,5-7,12-15H2,1-4H3. The van der Waals surface area contributed by atoms with Gasteiger partial charge in [-0.15, -0.1) is 0 Å². The molecule has 0 aliphatic rings. The molecule has 1 aromatic rings. The second-order valence-corrected chi connectivity index (χ2v) is 6.57. The van der Waals surface area contributed by atoms with Crippen molar-refractivity contribution < 1.29 is 9.47 Å². The normalized spacial score (nSPS) is 12.6. The maximum absolute atomic E-state index is 6.06. The Bertz CT molecular complexity index is 379. The lowest BCUT2D eigenvalue weighted by Gasteiger charge is -2.23. The topological polar surface area (TPSA) is 21.7 Å². The fourth-order valence-electron chi connectivity index (χ4n) is 1.94. The van der Waals surface area contributed by atoms with Crippen LogP contribution in [0, 0.1) is 6.92 Å². The Morgan fingerprint density at radius 2 is 1.77 bits per heavy atom. The van der Waals surface area contributed by atoms with Crippen molar-refractivity contribution >= 4 is 11.8 Å². The molecule has 1 unspecified atom stereocenters. The predicted molar refractivity (Wildman–Crippen MR) is 97.0 cm³/mol. The Balaban J connectivity index is 2.43. The largest absolute Gasteiger partial charge is 0.491 e. The molecule has 0 fully saturated rings. The molecule has 1 atom stereocenters. The van der Waals surface area contributed by atoms with Crippen molar-refractivity contribution in [3.63, 3.8) is 0 Å². The number of hydrogen-bond acceptors (Lipinski definition) is 4. The van der Waals surface area contributed by atoms with Crippen molar-refractivity contribution in [2.45, 2.75) is 40.2 Å². The lowest BCUT2D eigenvalue weighted by molar-refractivity contribution is -0.0263. The van der Waals surface area contributed by atoms with Crippen LogP contribution in [0.2, 0.25) is 0 Å². The van der Waals surface area contributed by atoms with Crippen molar-refractivity contribution in [3.05, 3.63) is 29.8 Å². The first-order valence-electron chi connectivity index (χ1n) is 8.30. The average molecular weight is 326 g/mol. The van der Waals surface area contributed by atoms with Crippen LogP contribution in [-0.2, 0) is 4.74 Å². The highest BCUT2D eigenvalue weighted by Crippen LogP contribution is 2.14. The van der Waals surface area contributed by atoms with Crippen molar-refractivity contribution in [3.8, 4) is 5.75 Å². The van der Waals surface area contributed by atoms with Crippen LogP contribution in [0.15, 0.2) is 24.3 Å². The van der Waals surface area contributed by atoms with Gasteiger partial charge in [0.15, 0.2) is 0 Å². The van der Waals surface area contributed by atoms with Gasteiger partial charge in [-0.1, -0.05) is 38.5 Å². The first-order valence-corrected chi connectivity index (χ1v) is 9.46. The van der Waals surface area contributed by atoms with Gasteiger partial charge in [-0.05, 0) is 44.3 Å². The zero-order valence-electron chi connectivity index (χ0n) is 14.5. The minimum Gasteiger partial charge on any atom is -0.491 e. The molecule has 0 saturated heterocycles. The molecule has 0 N–H and O–H groups in total. The predicted octanol–water partition coefficient (Wildman–Crippen LogP) is 4.20. The number of aryl methyl sites for hydroxylation is 1. The molecule has 0 saturated carbocycles. The third kappa shape index (κ3) is 8.06. The summed E-state index contributed by atoms with van der Waals surface area (Å²) >= 11 is 1.94. The molecule has 0 aliphatic heterocycles. The van der Waals surface area contributed by atoms with E-state index >= 15 is 0 Å². The maximum Gasteiger partial charge on any atom is 0.119 e. The zero-order chi connectivity index (χ0) is 16.2. The quantitative estimate of drug-likeness (QED) is 0.424. The van der Waals surface area contributed by atoms with Gasteiger partial charge in [-0.25, -0.2) is 0 Å². The fraction of sp³-hybridized carbons (Fsp3) is 0.667.